The summed E-state index contributed by atoms with van der Waals surface area (Å²) >= 11 is 0. The third-order valence-corrected chi connectivity index (χ3v) is 3.47. The third-order valence-electron chi connectivity index (χ3n) is 3.47. The molecule has 0 unspecified atom stereocenters. The monoisotopic (exact) mass is 309 g/mol. The summed E-state index contributed by atoms with van der Waals surface area (Å²) < 4.78 is 12.2. The molecule has 6 heteroatoms. The topological polar surface area (TPSA) is 66.2 Å². The average Bonchev–Trinajstić information content (AvgIpc) is 3.05. The van der Waals surface area contributed by atoms with Crippen molar-refractivity contribution >= 4 is 6.29 Å². The molecule has 0 amide bonds. The number of hydrogen-bond donors (Lipinski definition) is 0. The van der Waals surface area contributed by atoms with Crippen LogP contribution in [0.1, 0.15) is 10.5 Å². The van der Waals surface area contributed by atoms with E-state index in [0.717, 1.165) is 5.56 Å². The molecule has 3 rings (SSSR count). The summed E-state index contributed by atoms with van der Waals surface area (Å²) in [7, 11) is 3.15. The van der Waals surface area contributed by atoms with Gasteiger partial charge in [0.15, 0.2) is 12.0 Å². The molecule has 1 aromatic heterocycles. The van der Waals surface area contributed by atoms with Crippen LogP contribution in [-0.4, -0.2) is 35.5 Å². The summed E-state index contributed by atoms with van der Waals surface area (Å²) in [4.78, 5) is 11.3. The van der Waals surface area contributed by atoms with Crippen LogP contribution in [0.25, 0.3) is 16.9 Å². The van der Waals surface area contributed by atoms with Gasteiger partial charge in [-0.2, -0.15) is 0 Å². The van der Waals surface area contributed by atoms with E-state index in [-0.39, 0.29) is 5.69 Å². The van der Waals surface area contributed by atoms with E-state index in [1.54, 1.807) is 31.0 Å². The van der Waals surface area contributed by atoms with Crippen LogP contribution in [-0.2, 0) is 0 Å². The van der Waals surface area contributed by atoms with E-state index in [9.17, 15) is 4.79 Å². The van der Waals surface area contributed by atoms with Crippen molar-refractivity contribution < 1.29 is 14.3 Å². The van der Waals surface area contributed by atoms with Gasteiger partial charge >= 0.3 is 0 Å². The van der Waals surface area contributed by atoms with Gasteiger partial charge in [0.1, 0.15) is 22.9 Å². The molecule has 0 aliphatic carbocycles. The summed E-state index contributed by atoms with van der Waals surface area (Å²) in [5.74, 6) is 1.24. The standard InChI is InChI=1S/C17H15N3O3/c1-22-13-8-9-15(16(10-13)23-2)20-17(14(11-21)18-19-20)12-6-4-3-5-7-12/h3-11H,1-2H3. The number of rotatable bonds is 5. The van der Waals surface area contributed by atoms with Gasteiger partial charge in [0.2, 0.25) is 0 Å². The molecule has 2 aromatic carbocycles. The van der Waals surface area contributed by atoms with Crippen LogP contribution in [0.5, 0.6) is 11.5 Å². The van der Waals surface area contributed by atoms with Crippen LogP contribution >= 0.6 is 0 Å². The predicted molar refractivity (Wildman–Crippen MR) is 85.3 cm³/mol. The quantitative estimate of drug-likeness (QED) is 0.678. The lowest BCUT2D eigenvalue weighted by Gasteiger charge is -2.12. The molecule has 0 N–H and O–H groups in total. The molecule has 3 aromatic rings. The Morgan fingerprint density at radius 2 is 1.83 bits per heavy atom. The van der Waals surface area contributed by atoms with E-state index in [1.165, 1.54) is 0 Å². The Labute approximate surface area is 133 Å². The smallest absolute Gasteiger partial charge is 0.172 e. The molecule has 0 radical (unpaired) electrons. The molecule has 116 valence electrons. The number of benzene rings is 2. The van der Waals surface area contributed by atoms with Crippen molar-refractivity contribution in [3.8, 4) is 28.4 Å². The van der Waals surface area contributed by atoms with Crippen molar-refractivity contribution in [1.29, 1.82) is 0 Å². The van der Waals surface area contributed by atoms with Gasteiger partial charge in [-0.25, -0.2) is 4.68 Å². The number of carbonyl (C=O) groups is 1. The first-order chi connectivity index (χ1) is 11.3. The Morgan fingerprint density at radius 1 is 1.04 bits per heavy atom. The Bertz CT molecular complexity index is 828. The van der Waals surface area contributed by atoms with E-state index < -0.39 is 0 Å². The number of nitrogens with zero attached hydrogens (tertiary/aromatic N) is 3. The minimum atomic E-state index is 0.272. The van der Waals surface area contributed by atoms with Crippen LogP contribution in [0, 0.1) is 0 Å². The lowest BCUT2D eigenvalue weighted by Crippen LogP contribution is -2.03. The fourth-order valence-electron chi connectivity index (χ4n) is 2.37. The largest absolute Gasteiger partial charge is 0.497 e. The molecule has 0 saturated carbocycles. The maximum Gasteiger partial charge on any atom is 0.172 e. The normalized spacial score (nSPS) is 10.3. The van der Waals surface area contributed by atoms with Crippen LogP contribution in [0.3, 0.4) is 0 Å². The average molecular weight is 309 g/mol. The van der Waals surface area contributed by atoms with Gasteiger partial charge < -0.3 is 9.47 Å². The molecule has 0 saturated heterocycles. The summed E-state index contributed by atoms with van der Waals surface area (Å²) in [5, 5.41) is 8.08. The lowest BCUT2D eigenvalue weighted by atomic mass is 10.1. The minimum absolute atomic E-state index is 0.272. The molecule has 0 atom stereocenters. The Kier molecular flexibility index (Phi) is 4.05. The molecule has 23 heavy (non-hydrogen) atoms. The maximum atomic E-state index is 11.3. The van der Waals surface area contributed by atoms with Gasteiger partial charge in [0.05, 0.1) is 14.2 Å². The first-order valence-corrected chi connectivity index (χ1v) is 6.97. The van der Waals surface area contributed by atoms with Gasteiger partial charge in [-0.05, 0) is 12.1 Å². The zero-order chi connectivity index (χ0) is 16.2. The highest BCUT2D eigenvalue weighted by Crippen LogP contribution is 2.31. The highest BCUT2D eigenvalue weighted by Gasteiger charge is 2.18. The summed E-state index contributed by atoms with van der Waals surface area (Å²) in [6.45, 7) is 0. The molecule has 0 aliphatic heterocycles. The molecule has 6 nitrogen and oxygen atoms in total. The van der Waals surface area contributed by atoms with Crippen LogP contribution in [0.15, 0.2) is 48.5 Å². The van der Waals surface area contributed by atoms with Gasteiger partial charge in [-0.1, -0.05) is 35.5 Å². The van der Waals surface area contributed by atoms with Crippen LogP contribution < -0.4 is 9.47 Å². The summed E-state index contributed by atoms with van der Waals surface area (Å²) in [6, 6.07) is 14.9. The number of ether oxygens (including phenoxy) is 2. The highest BCUT2D eigenvalue weighted by atomic mass is 16.5. The van der Waals surface area contributed by atoms with Gasteiger partial charge in [-0.3, -0.25) is 4.79 Å². The van der Waals surface area contributed by atoms with Crippen LogP contribution in [0.4, 0.5) is 0 Å². The number of methoxy groups -OCH3 is 2. The Hall–Kier alpha value is -3.15. The first kappa shape index (κ1) is 14.8. The maximum absolute atomic E-state index is 11.3. The highest BCUT2D eigenvalue weighted by molar-refractivity contribution is 5.84. The number of carbonyl (C=O) groups excluding carboxylic acids is 1. The lowest BCUT2D eigenvalue weighted by molar-refractivity contribution is 0.111. The van der Waals surface area contributed by atoms with Gasteiger partial charge in [-0.15, -0.1) is 5.10 Å². The van der Waals surface area contributed by atoms with E-state index >= 15 is 0 Å². The van der Waals surface area contributed by atoms with Crippen molar-refractivity contribution in [3.05, 3.63) is 54.2 Å². The molecule has 0 bridgehead atoms. The van der Waals surface area contributed by atoms with Crippen molar-refractivity contribution in [3.63, 3.8) is 0 Å². The van der Waals surface area contributed by atoms with Crippen molar-refractivity contribution in [2.24, 2.45) is 0 Å². The summed E-state index contributed by atoms with van der Waals surface area (Å²) in [5.41, 5.74) is 2.41. The second kappa shape index (κ2) is 6.31. The van der Waals surface area contributed by atoms with E-state index in [4.69, 9.17) is 9.47 Å². The fraction of sp³-hybridized carbons (Fsp3) is 0.118. The SMILES string of the molecule is COc1ccc(-n2nnc(C=O)c2-c2ccccc2)c(OC)c1. The third kappa shape index (κ3) is 2.66. The Morgan fingerprint density at radius 3 is 2.48 bits per heavy atom. The number of hydrogen-bond acceptors (Lipinski definition) is 5. The van der Waals surface area contributed by atoms with Crippen LogP contribution in [0.2, 0.25) is 0 Å². The molecule has 0 fully saturated rings. The first-order valence-electron chi connectivity index (χ1n) is 6.97. The second-order valence-corrected chi connectivity index (χ2v) is 4.76. The number of aromatic nitrogens is 3. The van der Waals surface area contributed by atoms with Crippen molar-refractivity contribution in [1.82, 2.24) is 15.0 Å². The Balaban J connectivity index is 2.22. The predicted octanol–water partition coefficient (Wildman–Crippen LogP) is 2.76. The van der Waals surface area contributed by atoms with E-state index in [1.807, 2.05) is 36.4 Å². The van der Waals surface area contributed by atoms with Gasteiger partial charge in [0.25, 0.3) is 0 Å². The molecule has 1 heterocycles. The van der Waals surface area contributed by atoms with Crippen molar-refractivity contribution in [2.45, 2.75) is 0 Å². The number of aldehydes is 1. The van der Waals surface area contributed by atoms with E-state index in [2.05, 4.69) is 10.3 Å². The zero-order valence-electron chi connectivity index (χ0n) is 12.8. The minimum Gasteiger partial charge on any atom is -0.497 e. The molecule has 0 aliphatic rings. The second-order valence-electron chi connectivity index (χ2n) is 4.76. The molecular weight excluding hydrogens is 294 g/mol. The van der Waals surface area contributed by atoms with Gasteiger partial charge in [0, 0.05) is 11.6 Å². The zero-order valence-corrected chi connectivity index (χ0v) is 12.8. The van der Waals surface area contributed by atoms with Crippen molar-refractivity contribution in [2.75, 3.05) is 14.2 Å². The molecular formula is C17H15N3O3. The fourth-order valence-corrected chi connectivity index (χ4v) is 2.37. The molecule has 0 spiro atoms. The summed E-state index contributed by atoms with van der Waals surface area (Å²) in [6.07, 6.45) is 0.696. The van der Waals surface area contributed by atoms with E-state index in [0.29, 0.717) is 29.2 Å².